The van der Waals surface area contributed by atoms with Crippen LogP contribution < -0.4 is 0 Å². The standard InChI is InChI=1S/C11H12BrF3N2O3/c1-2-19-9(18)7-8(11(13,14)15)16-10(12)17(7)5-6-3-4-20-6/h6H,2-5H2,1H3. The van der Waals surface area contributed by atoms with Crippen LogP contribution in [0.15, 0.2) is 4.73 Å². The summed E-state index contributed by atoms with van der Waals surface area (Å²) in [5.74, 6) is -1.04. The smallest absolute Gasteiger partial charge is 0.435 e. The second-order valence-electron chi connectivity index (χ2n) is 4.19. The lowest BCUT2D eigenvalue weighted by Crippen LogP contribution is -2.32. The highest BCUT2D eigenvalue weighted by molar-refractivity contribution is 9.10. The molecule has 5 nitrogen and oxygen atoms in total. The normalized spacial score (nSPS) is 18.8. The minimum atomic E-state index is -4.73. The van der Waals surface area contributed by atoms with E-state index < -0.39 is 23.5 Å². The van der Waals surface area contributed by atoms with Gasteiger partial charge in [0.15, 0.2) is 16.1 Å². The summed E-state index contributed by atoms with van der Waals surface area (Å²) in [6.07, 6.45) is -4.21. The van der Waals surface area contributed by atoms with Crippen molar-refractivity contribution in [3.8, 4) is 0 Å². The number of alkyl halides is 3. The van der Waals surface area contributed by atoms with Gasteiger partial charge in [0.2, 0.25) is 0 Å². The molecular formula is C11H12BrF3N2O3. The summed E-state index contributed by atoms with van der Waals surface area (Å²) in [5.41, 5.74) is -1.84. The predicted octanol–water partition coefficient (Wildman–Crippen LogP) is 2.63. The Bertz CT molecular complexity index is 512. The lowest BCUT2D eigenvalue weighted by molar-refractivity contribution is -0.141. The molecule has 1 fully saturated rings. The van der Waals surface area contributed by atoms with E-state index in [1.165, 1.54) is 6.92 Å². The van der Waals surface area contributed by atoms with E-state index in [2.05, 4.69) is 25.7 Å². The highest BCUT2D eigenvalue weighted by Crippen LogP contribution is 2.34. The van der Waals surface area contributed by atoms with E-state index in [1.54, 1.807) is 0 Å². The fraction of sp³-hybridized carbons (Fsp3) is 0.636. The number of aromatic nitrogens is 2. The summed E-state index contributed by atoms with van der Waals surface area (Å²) in [5, 5.41) is 0. The number of halogens is 4. The Hall–Kier alpha value is -1.09. The van der Waals surface area contributed by atoms with Gasteiger partial charge in [0.05, 0.1) is 19.3 Å². The molecule has 1 saturated heterocycles. The van der Waals surface area contributed by atoms with Gasteiger partial charge in [0.25, 0.3) is 0 Å². The Balaban J connectivity index is 2.42. The van der Waals surface area contributed by atoms with E-state index in [-0.39, 0.29) is 24.0 Å². The van der Waals surface area contributed by atoms with Crippen LogP contribution in [-0.4, -0.2) is 34.8 Å². The Morgan fingerprint density at radius 3 is 2.70 bits per heavy atom. The van der Waals surface area contributed by atoms with Crippen LogP contribution in [0.3, 0.4) is 0 Å². The number of ether oxygens (including phenoxy) is 2. The first-order valence-electron chi connectivity index (χ1n) is 5.96. The summed E-state index contributed by atoms with van der Waals surface area (Å²) in [4.78, 5) is 15.2. The third-order valence-corrected chi connectivity index (χ3v) is 3.44. The summed E-state index contributed by atoms with van der Waals surface area (Å²) >= 11 is 2.95. The molecule has 1 aliphatic rings. The van der Waals surface area contributed by atoms with E-state index >= 15 is 0 Å². The van der Waals surface area contributed by atoms with Gasteiger partial charge in [-0.05, 0) is 29.3 Å². The third kappa shape index (κ3) is 2.98. The molecule has 1 aliphatic heterocycles. The molecular weight excluding hydrogens is 345 g/mol. The Morgan fingerprint density at radius 2 is 2.25 bits per heavy atom. The minimum absolute atomic E-state index is 0.0150. The first-order chi connectivity index (χ1) is 9.34. The van der Waals surface area contributed by atoms with Gasteiger partial charge in [-0.1, -0.05) is 0 Å². The van der Waals surface area contributed by atoms with Crippen molar-refractivity contribution in [1.29, 1.82) is 0 Å². The van der Waals surface area contributed by atoms with E-state index in [1.807, 2.05) is 0 Å². The second kappa shape index (κ2) is 5.72. The zero-order valence-electron chi connectivity index (χ0n) is 10.5. The number of nitrogens with zero attached hydrogens (tertiary/aromatic N) is 2. The number of carbonyl (C=O) groups is 1. The van der Waals surface area contributed by atoms with Crippen LogP contribution >= 0.6 is 15.9 Å². The molecule has 1 unspecified atom stereocenters. The molecule has 1 aromatic heterocycles. The van der Waals surface area contributed by atoms with Crippen LogP contribution in [-0.2, 0) is 22.2 Å². The van der Waals surface area contributed by atoms with Crippen molar-refractivity contribution >= 4 is 21.9 Å². The number of rotatable bonds is 4. The van der Waals surface area contributed by atoms with Crippen LogP contribution in [0.4, 0.5) is 13.2 Å². The van der Waals surface area contributed by atoms with Crippen LogP contribution in [0.25, 0.3) is 0 Å². The summed E-state index contributed by atoms with van der Waals surface area (Å²) in [6.45, 7) is 2.20. The van der Waals surface area contributed by atoms with Crippen molar-refractivity contribution in [2.24, 2.45) is 0 Å². The minimum Gasteiger partial charge on any atom is -0.461 e. The molecule has 112 valence electrons. The van der Waals surface area contributed by atoms with Gasteiger partial charge < -0.3 is 14.0 Å². The molecule has 0 bridgehead atoms. The predicted molar refractivity (Wildman–Crippen MR) is 65.2 cm³/mol. The molecule has 0 saturated carbocycles. The highest BCUT2D eigenvalue weighted by atomic mass is 79.9. The van der Waals surface area contributed by atoms with Gasteiger partial charge >= 0.3 is 12.1 Å². The average Bonchev–Trinajstić information content (AvgIpc) is 2.61. The van der Waals surface area contributed by atoms with Crippen LogP contribution in [0.5, 0.6) is 0 Å². The second-order valence-corrected chi connectivity index (χ2v) is 4.90. The number of esters is 1. The SMILES string of the molecule is CCOC(=O)c1c(C(F)(F)F)nc(Br)n1CC1CCO1. The molecule has 9 heteroatoms. The summed E-state index contributed by atoms with van der Waals surface area (Å²) in [6, 6.07) is 0. The molecule has 0 radical (unpaired) electrons. The quantitative estimate of drug-likeness (QED) is 0.778. The lowest BCUT2D eigenvalue weighted by atomic mass is 10.2. The number of hydrogen-bond acceptors (Lipinski definition) is 4. The monoisotopic (exact) mass is 356 g/mol. The Morgan fingerprint density at radius 1 is 1.60 bits per heavy atom. The third-order valence-electron chi connectivity index (χ3n) is 2.84. The molecule has 0 aromatic carbocycles. The summed E-state index contributed by atoms with van der Waals surface area (Å²) in [7, 11) is 0. The van der Waals surface area contributed by atoms with Crippen LogP contribution in [0, 0.1) is 0 Å². The lowest BCUT2D eigenvalue weighted by Gasteiger charge is -2.27. The maximum Gasteiger partial charge on any atom is 0.435 e. The zero-order chi connectivity index (χ0) is 14.9. The number of hydrogen-bond donors (Lipinski definition) is 0. The molecule has 20 heavy (non-hydrogen) atoms. The van der Waals surface area contributed by atoms with Gasteiger partial charge in [-0.15, -0.1) is 0 Å². The molecule has 0 N–H and O–H groups in total. The van der Waals surface area contributed by atoms with E-state index in [9.17, 15) is 18.0 Å². The first kappa shape index (κ1) is 15.3. The van der Waals surface area contributed by atoms with Gasteiger partial charge in [0.1, 0.15) is 0 Å². The van der Waals surface area contributed by atoms with Crippen molar-refractivity contribution in [1.82, 2.24) is 9.55 Å². The van der Waals surface area contributed by atoms with Crippen molar-refractivity contribution < 1.29 is 27.4 Å². The van der Waals surface area contributed by atoms with E-state index in [0.717, 1.165) is 11.0 Å². The van der Waals surface area contributed by atoms with Gasteiger partial charge in [-0.2, -0.15) is 13.2 Å². The van der Waals surface area contributed by atoms with E-state index in [4.69, 9.17) is 4.74 Å². The maximum atomic E-state index is 12.9. The average molecular weight is 357 g/mol. The van der Waals surface area contributed by atoms with Crippen molar-refractivity contribution in [3.63, 3.8) is 0 Å². The highest BCUT2D eigenvalue weighted by Gasteiger charge is 2.42. The van der Waals surface area contributed by atoms with Crippen LogP contribution in [0.2, 0.25) is 0 Å². The van der Waals surface area contributed by atoms with Crippen molar-refractivity contribution in [2.45, 2.75) is 32.2 Å². The molecule has 1 aromatic rings. The molecule has 0 spiro atoms. The molecule has 0 amide bonds. The fourth-order valence-corrected chi connectivity index (χ4v) is 2.33. The molecule has 1 atom stereocenters. The number of carbonyl (C=O) groups excluding carboxylic acids is 1. The van der Waals surface area contributed by atoms with Gasteiger partial charge in [-0.3, -0.25) is 0 Å². The first-order valence-corrected chi connectivity index (χ1v) is 6.75. The van der Waals surface area contributed by atoms with Crippen molar-refractivity contribution in [3.05, 3.63) is 16.1 Å². The van der Waals surface area contributed by atoms with Crippen LogP contribution in [0.1, 0.15) is 29.5 Å². The topological polar surface area (TPSA) is 53.3 Å². The molecule has 2 heterocycles. The summed E-state index contributed by atoms with van der Waals surface area (Å²) < 4.78 is 49.8. The molecule has 0 aliphatic carbocycles. The van der Waals surface area contributed by atoms with E-state index in [0.29, 0.717) is 6.61 Å². The fourth-order valence-electron chi connectivity index (χ4n) is 1.83. The number of imidazole rings is 1. The Labute approximate surface area is 121 Å². The molecule has 2 rings (SSSR count). The van der Waals surface area contributed by atoms with Crippen molar-refractivity contribution in [2.75, 3.05) is 13.2 Å². The van der Waals surface area contributed by atoms with Gasteiger partial charge in [0, 0.05) is 6.61 Å². The maximum absolute atomic E-state index is 12.9. The zero-order valence-corrected chi connectivity index (χ0v) is 12.1. The van der Waals surface area contributed by atoms with Gasteiger partial charge in [-0.25, -0.2) is 9.78 Å². The largest absolute Gasteiger partial charge is 0.461 e. The Kier molecular flexibility index (Phi) is 4.38.